The van der Waals surface area contributed by atoms with Gasteiger partial charge in [0.25, 0.3) is 0 Å². The van der Waals surface area contributed by atoms with Crippen LogP contribution in [0.3, 0.4) is 0 Å². The summed E-state index contributed by atoms with van der Waals surface area (Å²) in [6.45, 7) is 4.00. The van der Waals surface area contributed by atoms with E-state index in [2.05, 4.69) is 36.1 Å². The number of nitrogens with two attached hydrogens (primary N) is 1. The molecule has 19 heavy (non-hydrogen) atoms. The normalized spacial score (nSPS) is 10.4. The molecule has 2 nitrogen and oxygen atoms in total. The summed E-state index contributed by atoms with van der Waals surface area (Å²) in [7, 11) is 0. The Balaban J connectivity index is 2.24. The number of halogens is 1. The Hall–Kier alpha value is -1.67. The van der Waals surface area contributed by atoms with Crippen LogP contribution in [0, 0.1) is 0 Å². The summed E-state index contributed by atoms with van der Waals surface area (Å²) in [5, 5.41) is 0.712. The van der Waals surface area contributed by atoms with Gasteiger partial charge in [0.1, 0.15) is 0 Å². The second kappa shape index (κ2) is 6.48. The third kappa shape index (κ3) is 3.65. The summed E-state index contributed by atoms with van der Waals surface area (Å²) < 4.78 is 0. The highest BCUT2D eigenvalue weighted by Crippen LogP contribution is 2.29. The molecule has 0 amide bonds. The Bertz CT molecular complexity index is 526. The maximum absolute atomic E-state index is 6.30. The lowest BCUT2D eigenvalue weighted by atomic mass is 10.2. The maximum atomic E-state index is 6.30. The van der Waals surface area contributed by atoms with Gasteiger partial charge in [0.15, 0.2) is 0 Å². The van der Waals surface area contributed by atoms with E-state index in [9.17, 15) is 0 Å². The number of hydrogen-bond acceptors (Lipinski definition) is 2. The van der Waals surface area contributed by atoms with Gasteiger partial charge < -0.3 is 10.6 Å². The molecule has 0 fully saturated rings. The summed E-state index contributed by atoms with van der Waals surface area (Å²) in [6.07, 6.45) is 1.08. The zero-order valence-corrected chi connectivity index (χ0v) is 11.9. The smallest absolute Gasteiger partial charge is 0.0660 e. The lowest BCUT2D eigenvalue weighted by molar-refractivity contribution is 0.767. The van der Waals surface area contributed by atoms with Gasteiger partial charge in [0.2, 0.25) is 0 Å². The molecule has 0 aliphatic heterocycles. The molecule has 0 radical (unpaired) electrons. The van der Waals surface area contributed by atoms with Crippen LogP contribution in [0.2, 0.25) is 5.02 Å². The summed E-state index contributed by atoms with van der Waals surface area (Å²) in [6, 6.07) is 16.1. The second-order valence-electron chi connectivity index (χ2n) is 4.62. The molecule has 2 rings (SSSR count). The van der Waals surface area contributed by atoms with Crippen molar-refractivity contribution in [3.63, 3.8) is 0 Å². The molecule has 0 unspecified atom stereocenters. The minimum Gasteiger partial charge on any atom is -0.399 e. The molecule has 0 aliphatic rings. The zero-order valence-electron chi connectivity index (χ0n) is 11.1. The highest BCUT2D eigenvalue weighted by molar-refractivity contribution is 6.33. The van der Waals surface area contributed by atoms with E-state index in [4.69, 9.17) is 17.3 Å². The third-order valence-corrected chi connectivity index (χ3v) is 3.32. The van der Waals surface area contributed by atoms with Gasteiger partial charge >= 0.3 is 0 Å². The molecular formula is C16H19ClN2. The topological polar surface area (TPSA) is 29.3 Å². The molecule has 2 aromatic carbocycles. The van der Waals surface area contributed by atoms with E-state index >= 15 is 0 Å². The number of anilines is 2. The van der Waals surface area contributed by atoms with E-state index in [1.54, 1.807) is 0 Å². The summed E-state index contributed by atoms with van der Waals surface area (Å²) in [5.74, 6) is 0. The third-order valence-electron chi connectivity index (χ3n) is 3.02. The summed E-state index contributed by atoms with van der Waals surface area (Å²) in [5.41, 5.74) is 8.77. The average Bonchev–Trinajstić information content (AvgIpc) is 2.39. The standard InChI is InChI=1S/C16H19ClN2/c1-2-10-19(12-13-6-4-3-5-7-13)16-9-8-14(18)11-15(16)17/h3-9,11H,2,10,12,18H2,1H3. The number of nitrogen functional groups attached to an aromatic ring is 1. The van der Waals surface area contributed by atoms with Crippen molar-refractivity contribution < 1.29 is 0 Å². The van der Waals surface area contributed by atoms with E-state index in [1.165, 1.54) is 5.56 Å². The minimum atomic E-state index is 0.699. The number of nitrogens with zero attached hydrogens (tertiary/aromatic N) is 1. The van der Waals surface area contributed by atoms with Gasteiger partial charge in [-0.1, -0.05) is 48.9 Å². The lowest BCUT2D eigenvalue weighted by Gasteiger charge is -2.25. The molecule has 0 aromatic heterocycles. The minimum absolute atomic E-state index is 0.699. The Kier molecular flexibility index (Phi) is 4.69. The van der Waals surface area contributed by atoms with E-state index < -0.39 is 0 Å². The highest BCUT2D eigenvalue weighted by Gasteiger charge is 2.10. The van der Waals surface area contributed by atoms with Crippen molar-refractivity contribution in [2.75, 3.05) is 17.2 Å². The zero-order chi connectivity index (χ0) is 13.7. The van der Waals surface area contributed by atoms with Gasteiger partial charge in [0.05, 0.1) is 10.7 Å². The number of hydrogen-bond donors (Lipinski definition) is 1. The molecule has 0 bridgehead atoms. The van der Waals surface area contributed by atoms with Crippen molar-refractivity contribution in [1.82, 2.24) is 0 Å². The SMILES string of the molecule is CCCN(Cc1ccccc1)c1ccc(N)cc1Cl. The Morgan fingerprint density at radius 2 is 1.84 bits per heavy atom. The van der Waals surface area contributed by atoms with Gasteiger partial charge in [0, 0.05) is 18.8 Å². The summed E-state index contributed by atoms with van der Waals surface area (Å²) >= 11 is 6.30. The van der Waals surface area contributed by atoms with E-state index in [0.717, 1.165) is 25.2 Å². The van der Waals surface area contributed by atoms with Crippen LogP contribution in [0.4, 0.5) is 11.4 Å². The predicted octanol–water partition coefficient (Wildman–Crippen LogP) is 4.34. The van der Waals surface area contributed by atoms with Gasteiger partial charge in [-0.15, -0.1) is 0 Å². The molecule has 0 heterocycles. The van der Waals surface area contributed by atoms with Crippen molar-refractivity contribution >= 4 is 23.0 Å². The molecule has 3 heteroatoms. The van der Waals surface area contributed by atoms with Crippen molar-refractivity contribution in [2.24, 2.45) is 0 Å². The Morgan fingerprint density at radius 1 is 1.11 bits per heavy atom. The molecule has 100 valence electrons. The number of benzene rings is 2. The van der Waals surface area contributed by atoms with Crippen LogP contribution in [-0.2, 0) is 6.54 Å². The van der Waals surface area contributed by atoms with Gasteiger partial charge in [-0.3, -0.25) is 0 Å². The van der Waals surface area contributed by atoms with Gasteiger partial charge in [-0.25, -0.2) is 0 Å². The highest BCUT2D eigenvalue weighted by atomic mass is 35.5. The fourth-order valence-electron chi connectivity index (χ4n) is 2.14. The van der Waals surface area contributed by atoms with Crippen LogP contribution in [0.1, 0.15) is 18.9 Å². The lowest BCUT2D eigenvalue weighted by Crippen LogP contribution is -2.23. The Morgan fingerprint density at radius 3 is 2.47 bits per heavy atom. The second-order valence-corrected chi connectivity index (χ2v) is 5.03. The van der Waals surface area contributed by atoms with Crippen molar-refractivity contribution in [3.05, 3.63) is 59.1 Å². The van der Waals surface area contributed by atoms with E-state index in [1.807, 2.05) is 24.3 Å². The first-order valence-electron chi connectivity index (χ1n) is 6.54. The first-order valence-corrected chi connectivity index (χ1v) is 6.92. The molecule has 0 spiro atoms. The van der Waals surface area contributed by atoms with Crippen LogP contribution in [0.15, 0.2) is 48.5 Å². The predicted molar refractivity (Wildman–Crippen MR) is 83.6 cm³/mol. The fourth-order valence-corrected chi connectivity index (χ4v) is 2.45. The quantitative estimate of drug-likeness (QED) is 0.822. The molecule has 0 aliphatic carbocycles. The van der Waals surface area contributed by atoms with Crippen LogP contribution < -0.4 is 10.6 Å². The first kappa shape index (κ1) is 13.8. The van der Waals surface area contributed by atoms with Crippen molar-refractivity contribution in [2.45, 2.75) is 19.9 Å². The van der Waals surface area contributed by atoms with Gasteiger partial charge in [-0.05, 0) is 30.2 Å². The van der Waals surface area contributed by atoms with Crippen LogP contribution in [0.5, 0.6) is 0 Å². The molecule has 0 saturated carbocycles. The molecule has 2 N–H and O–H groups in total. The van der Waals surface area contributed by atoms with Crippen molar-refractivity contribution in [1.29, 1.82) is 0 Å². The molecular weight excluding hydrogens is 256 g/mol. The van der Waals surface area contributed by atoms with E-state index in [0.29, 0.717) is 10.7 Å². The first-order chi connectivity index (χ1) is 9.20. The van der Waals surface area contributed by atoms with Crippen molar-refractivity contribution in [3.8, 4) is 0 Å². The van der Waals surface area contributed by atoms with Gasteiger partial charge in [-0.2, -0.15) is 0 Å². The average molecular weight is 275 g/mol. The monoisotopic (exact) mass is 274 g/mol. The molecule has 0 saturated heterocycles. The van der Waals surface area contributed by atoms with E-state index in [-0.39, 0.29) is 0 Å². The number of rotatable bonds is 5. The maximum Gasteiger partial charge on any atom is 0.0660 e. The van der Waals surface area contributed by atoms with Crippen LogP contribution in [-0.4, -0.2) is 6.54 Å². The summed E-state index contributed by atoms with van der Waals surface area (Å²) in [4.78, 5) is 2.29. The van der Waals surface area contributed by atoms with Crippen LogP contribution >= 0.6 is 11.6 Å². The molecule has 2 aromatic rings. The van der Waals surface area contributed by atoms with Crippen LogP contribution in [0.25, 0.3) is 0 Å². The fraction of sp³-hybridized carbons (Fsp3) is 0.250. The molecule has 0 atom stereocenters. The Labute approximate surface area is 119 Å². The largest absolute Gasteiger partial charge is 0.399 e.